The van der Waals surface area contributed by atoms with Crippen molar-refractivity contribution in [2.75, 3.05) is 21.0 Å². The van der Waals surface area contributed by atoms with E-state index in [9.17, 15) is 19.7 Å². The number of hydrogen-bond donors (Lipinski definition) is 0. The Balaban J connectivity index is 1.76. The Kier molecular flexibility index (Phi) is 5.99. The number of rotatable bonds is 6. The number of esters is 2. The van der Waals surface area contributed by atoms with Crippen LogP contribution in [0, 0.1) is 10.1 Å². The molecule has 2 aromatic rings. The summed E-state index contributed by atoms with van der Waals surface area (Å²) in [5, 5.41) is 11.3. The molecule has 0 radical (unpaired) electrons. The molecule has 4 rings (SSSR count). The summed E-state index contributed by atoms with van der Waals surface area (Å²) in [6, 6.07) is 11.2. The van der Waals surface area contributed by atoms with E-state index >= 15 is 0 Å². The number of benzene rings is 2. The summed E-state index contributed by atoms with van der Waals surface area (Å²) in [5.41, 5.74) is 1.35. The number of carbonyl (C=O) groups is 2. The van der Waals surface area contributed by atoms with Crippen LogP contribution in [0.15, 0.2) is 66.0 Å². The lowest BCUT2D eigenvalue weighted by Crippen LogP contribution is -2.28. The van der Waals surface area contributed by atoms with Crippen LogP contribution in [0.25, 0.3) is 0 Å². The number of nitro benzene ring substituents is 1. The molecule has 2 heterocycles. The fourth-order valence-electron chi connectivity index (χ4n) is 3.81. The van der Waals surface area contributed by atoms with Gasteiger partial charge in [0, 0.05) is 31.1 Å². The molecule has 2 aliphatic rings. The van der Waals surface area contributed by atoms with E-state index in [0.717, 1.165) is 5.56 Å². The molecule has 0 bridgehead atoms. The monoisotopic (exact) mass is 452 g/mol. The maximum absolute atomic E-state index is 12.7. The molecule has 2 aliphatic heterocycles. The van der Waals surface area contributed by atoms with Crippen molar-refractivity contribution < 1.29 is 33.5 Å². The van der Waals surface area contributed by atoms with Crippen LogP contribution >= 0.6 is 0 Å². The van der Waals surface area contributed by atoms with Gasteiger partial charge in [0.15, 0.2) is 11.5 Å². The van der Waals surface area contributed by atoms with Gasteiger partial charge in [0.25, 0.3) is 5.69 Å². The summed E-state index contributed by atoms with van der Waals surface area (Å²) < 4.78 is 20.7. The first-order valence-corrected chi connectivity index (χ1v) is 9.90. The van der Waals surface area contributed by atoms with Crippen molar-refractivity contribution in [3.05, 3.63) is 87.3 Å². The minimum atomic E-state index is -0.905. The molecule has 33 heavy (non-hydrogen) atoms. The first-order valence-electron chi connectivity index (χ1n) is 9.90. The third-order valence-electron chi connectivity index (χ3n) is 5.29. The Morgan fingerprint density at radius 1 is 1.03 bits per heavy atom. The molecule has 0 N–H and O–H groups in total. The molecule has 0 saturated carbocycles. The minimum absolute atomic E-state index is 0.140. The molecule has 2 aromatic carbocycles. The van der Waals surface area contributed by atoms with Crippen molar-refractivity contribution >= 4 is 17.6 Å². The third kappa shape index (κ3) is 4.36. The quantitative estimate of drug-likeness (QED) is 0.370. The minimum Gasteiger partial charge on any atom is -0.466 e. The zero-order valence-corrected chi connectivity index (χ0v) is 17.8. The summed E-state index contributed by atoms with van der Waals surface area (Å²) in [7, 11) is 2.46. The fraction of sp³-hybridized carbons (Fsp3) is 0.217. The molecule has 10 heteroatoms. The Morgan fingerprint density at radius 2 is 1.70 bits per heavy atom. The van der Waals surface area contributed by atoms with Crippen LogP contribution in [0.2, 0.25) is 0 Å². The summed E-state index contributed by atoms with van der Waals surface area (Å²) >= 11 is 0. The van der Waals surface area contributed by atoms with Crippen LogP contribution in [0.3, 0.4) is 0 Å². The van der Waals surface area contributed by atoms with Gasteiger partial charge in [0.05, 0.1) is 36.2 Å². The maximum atomic E-state index is 12.7. The van der Waals surface area contributed by atoms with Gasteiger partial charge in [-0.15, -0.1) is 0 Å². The maximum Gasteiger partial charge on any atom is 0.336 e. The van der Waals surface area contributed by atoms with Crippen LogP contribution in [0.1, 0.15) is 17.0 Å². The van der Waals surface area contributed by atoms with E-state index in [0.29, 0.717) is 23.6 Å². The van der Waals surface area contributed by atoms with E-state index in [1.54, 1.807) is 29.4 Å². The molecule has 0 saturated heterocycles. The normalized spacial score (nSPS) is 14.9. The van der Waals surface area contributed by atoms with E-state index in [1.165, 1.54) is 32.4 Å². The molecule has 10 nitrogen and oxygen atoms in total. The lowest BCUT2D eigenvalue weighted by Gasteiger charge is -2.30. The van der Waals surface area contributed by atoms with Crippen LogP contribution in [0.5, 0.6) is 11.5 Å². The van der Waals surface area contributed by atoms with Crippen LogP contribution in [0.4, 0.5) is 5.69 Å². The Hall–Kier alpha value is -4.34. The van der Waals surface area contributed by atoms with Gasteiger partial charge < -0.3 is 23.8 Å². The van der Waals surface area contributed by atoms with E-state index in [-0.39, 0.29) is 23.6 Å². The zero-order chi connectivity index (χ0) is 23.5. The van der Waals surface area contributed by atoms with Crippen molar-refractivity contribution in [1.82, 2.24) is 4.90 Å². The summed E-state index contributed by atoms with van der Waals surface area (Å²) in [4.78, 5) is 37.8. The van der Waals surface area contributed by atoms with Gasteiger partial charge in [0.2, 0.25) is 6.79 Å². The largest absolute Gasteiger partial charge is 0.466 e. The number of hydrogen-bond acceptors (Lipinski definition) is 9. The topological polar surface area (TPSA) is 117 Å². The highest BCUT2D eigenvalue weighted by molar-refractivity contribution is 5.98. The third-order valence-corrected chi connectivity index (χ3v) is 5.29. The number of ether oxygens (including phenoxy) is 4. The smallest absolute Gasteiger partial charge is 0.336 e. The highest BCUT2D eigenvalue weighted by atomic mass is 16.7. The van der Waals surface area contributed by atoms with Gasteiger partial charge in [-0.3, -0.25) is 10.1 Å². The molecule has 0 unspecified atom stereocenters. The number of methoxy groups -OCH3 is 2. The van der Waals surface area contributed by atoms with Crippen molar-refractivity contribution in [3.63, 3.8) is 0 Å². The van der Waals surface area contributed by atoms with Gasteiger partial charge in [-0.25, -0.2) is 9.59 Å². The number of carbonyl (C=O) groups excluding carboxylic acids is 2. The standard InChI is InChI=1S/C23H20N2O8/c1-30-22(26)17-11-24(10-14-6-7-19-20(8-14)33-13-32-19)12-18(23(27)31-2)21(17)15-4-3-5-16(9-15)25(28)29/h3-9,11-12,21H,10,13H2,1-2H3. The molecule has 0 amide bonds. The van der Waals surface area contributed by atoms with Gasteiger partial charge in [-0.2, -0.15) is 0 Å². The van der Waals surface area contributed by atoms with Crippen LogP contribution in [-0.2, 0) is 25.6 Å². The van der Waals surface area contributed by atoms with Crippen LogP contribution in [-0.4, -0.2) is 42.8 Å². The predicted molar refractivity (Wildman–Crippen MR) is 114 cm³/mol. The number of fused-ring (bicyclic) bond motifs is 1. The molecular weight excluding hydrogens is 432 g/mol. The van der Waals surface area contributed by atoms with Crippen molar-refractivity contribution in [2.45, 2.75) is 12.5 Å². The summed E-state index contributed by atoms with van der Waals surface area (Å²) in [6.45, 7) is 0.450. The average molecular weight is 452 g/mol. The Morgan fingerprint density at radius 3 is 2.33 bits per heavy atom. The second-order valence-corrected chi connectivity index (χ2v) is 7.30. The lowest BCUT2D eigenvalue weighted by molar-refractivity contribution is -0.384. The van der Waals surface area contributed by atoms with Gasteiger partial charge in [0.1, 0.15) is 0 Å². The SMILES string of the molecule is COC(=O)C1=CN(Cc2ccc3c(c2)OCO3)C=C(C(=O)OC)C1c1cccc([N+](=O)[O-])c1. The highest BCUT2D eigenvalue weighted by Gasteiger charge is 2.36. The van der Waals surface area contributed by atoms with Crippen molar-refractivity contribution in [2.24, 2.45) is 0 Å². The molecular formula is C23H20N2O8. The van der Waals surface area contributed by atoms with E-state index in [1.807, 2.05) is 12.1 Å². The summed E-state index contributed by atoms with van der Waals surface area (Å²) in [5.74, 6) is -1.00. The predicted octanol–water partition coefficient (Wildman–Crippen LogP) is 3.04. The second kappa shape index (κ2) is 9.03. The van der Waals surface area contributed by atoms with E-state index < -0.39 is 22.8 Å². The van der Waals surface area contributed by atoms with Crippen molar-refractivity contribution in [1.29, 1.82) is 0 Å². The second-order valence-electron chi connectivity index (χ2n) is 7.30. The van der Waals surface area contributed by atoms with Gasteiger partial charge in [-0.1, -0.05) is 18.2 Å². The molecule has 0 aliphatic carbocycles. The molecule has 0 fully saturated rings. The first kappa shape index (κ1) is 21.9. The zero-order valence-electron chi connectivity index (χ0n) is 17.8. The molecule has 0 aromatic heterocycles. The highest BCUT2D eigenvalue weighted by Crippen LogP contribution is 2.39. The van der Waals surface area contributed by atoms with Crippen LogP contribution < -0.4 is 9.47 Å². The van der Waals surface area contributed by atoms with E-state index in [2.05, 4.69) is 0 Å². The van der Waals surface area contributed by atoms with Gasteiger partial charge >= 0.3 is 11.9 Å². The summed E-state index contributed by atoms with van der Waals surface area (Å²) in [6.07, 6.45) is 3.12. The van der Waals surface area contributed by atoms with Gasteiger partial charge in [-0.05, 0) is 23.3 Å². The van der Waals surface area contributed by atoms with Crippen molar-refractivity contribution in [3.8, 4) is 11.5 Å². The lowest BCUT2D eigenvalue weighted by atomic mass is 9.83. The Bertz CT molecular complexity index is 1150. The fourth-order valence-corrected chi connectivity index (χ4v) is 3.81. The van der Waals surface area contributed by atoms with E-state index in [4.69, 9.17) is 18.9 Å². The molecule has 0 spiro atoms. The number of nitrogens with zero attached hydrogens (tertiary/aromatic N) is 2. The molecule has 170 valence electrons. The number of nitro groups is 1. The number of non-ortho nitro benzene ring substituents is 1. The average Bonchev–Trinajstić information content (AvgIpc) is 3.30. The first-order chi connectivity index (χ1) is 15.9. The molecule has 0 atom stereocenters. The Labute approximate surface area is 188 Å².